The quantitative estimate of drug-likeness (QED) is 0.302. The maximum absolute atomic E-state index is 13.2. The third kappa shape index (κ3) is 4.65. The van der Waals surface area contributed by atoms with Gasteiger partial charge in [-0.15, -0.1) is 11.3 Å². The fourth-order valence-electron chi connectivity index (χ4n) is 3.91. The van der Waals surface area contributed by atoms with Gasteiger partial charge in [-0.05, 0) is 55.3 Å². The van der Waals surface area contributed by atoms with E-state index >= 15 is 0 Å². The van der Waals surface area contributed by atoms with Gasteiger partial charge in [0.05, 0.1) is 23.7 Å². The zero-order valence-electron chi connectivity index (χ0n) is 18.9. The highest BCUT2D eigenvalue weighted by Crippen LogP contribution is 2.39. The molecular formula is C27H25N3O3S. The van der Waals surface area contributed by atoms with Gasteiger partial charge in [0.15, 0.2) is 6.10 Å². The lowest BCUT2D eigenvalue weighted by atomic mass is 10.1. The maximum Gasteiger partial charge on any atom is 0.268 e. The van der Waals surface area contributed by atoms with Crippen LogP contribution in [0.15, 0.2) is 78.3 Å². The minimum absolute atomic E-state index is 0.0145. The number of anilines is 1. The zero-order chi connectivity index (χ0) is 23.3. The fraction of sp³-hybridized carbons (Fsp3) is 0.222. The molecule has 1 aliphatic rings. The van der Waals surface area contributed by atoms with Gasteiger partial charge in [0.25, 0.3) is 5.91 Å². The number of amides is 1. The van der Waals surface area contributed by atoms with Crippen molar-refractivity contribution in [3.63, 3.8) is 0 Å². The molecule has 0 radical (unpaired) electrons. The minimum atomic E-state index is -0.469. The van der Waals surface area contributed by atoms with E-state index in [1.807, 2.05) is 83.9 Å². The first-order chi connectivity index (χ1) is 16.7. The van der Waals surface area contributed by atoms with Crippen LogP contribution in [0.25, 0.3) is 22.0 Å². The Kier molecular flexibility index (Phi) is 6.53. The third-order valence-electron chi connectivity index (χ3n) is 5.65. The van der Waals surface area contributed by atoms with Crippen LogP contribution >= 0.6 is 11.3 Å². The van der Waals surface area contributed by atoms with Gasteiger partial charge in [0.2, 0.25) is 0 Å². The molecule has 172 valence electrons. The number of fused-ring (bicyclic) bond motifs is 1. The number of nitrogens with zero attached hydrogens (tertiary/aromatic N) is 3. The monoisotopic (exact) mass is 471 g/mol. The summed E-state index contributed by atoms with van der Waals surface area (Å²) in [7, 11) is 0. The Morgan fingerprint density at radius 3 is 2.71 bits per heavy atom. The summed E-state index contributed by atoms with van der Waals surface area (Å²) < 4.78 is 11.8. The molecule has 2 aromatic carbocycles. The number of hydrogen-bond donors (Lipinski definition) is 0. The molecule has 1 unspecified atom stereocenters. The highest BCUT2D eigenvalue weighted by molar-refractivity contribution is 7.13. The van der Waals surface area contributed by atoms with E-state index in [9.17, 15) is 4.79 Å². The molecule has 4 aromatic rings. The smallest absolute Gasteiger partial charge is 0.268 e. The summed E-state index contributed by atoms with van der Waals surface area (Å²) in [4.78, 5) is 24.2. The molecule has 0 spiro atoms. The molecule has 1 aliphatic heterocycles. The number of carbonyl (C=O) groups excluding carboxylic acids is 1. The largest absolute Gasteiger partial charge is 0.494 e. The van der Waals surface area contributed by atoms with Crippen molar-refractivity contribution in [1.82, 2.24) is 9.97 Å². The van der Waals surface area contributed by atoms with Crippen LogP contribution in [0.1, 0.15) is 19.8 Å². The number of benzene rings is 2. The van der Waals surface area contributed by atoms with Crippen molar-refractivity contribution in [2.24, 2.45) is 0 Å². The van der Waals surface area contributed by atoms with Gasteiger partial charge < -0.3 is 14.4 Å². The normalized spacial score (nSPS) is 15.0. The number of hydrogen-bond acceptors (Lipinski definition) is 6. The van der Waals surface area contributed by atoms with Gasteiger partial charge in [-0.25, -0.2) is 4.98 Å². The van der Waals surface area contributed by atoms with Crippen LogP contribution in [0, 0.1) is 0 Å². The van der Waals surface area contributed by atoms with E-state index in [0.717, 1.165) is 39.1 Å². The van der Waals surface area contributed by atoms with E-state index in [0.29, 0.717) is 26.0 Å². The molecule has 0 saturated carbocycles. The van der Waals surface area contributed by atoms with Gasteiger partial charge in [0.1, 0.15) is 16.5 Å². The van der Waals surface area contributed by atoms with Crippen LogP contribution in [0.5, 0.6) is 11.5 Å². The van der Waals surface area contributed by atoms with E-state index in [1.165, 1.54) is 0 Å². The van der Waals surface area contributed by atoms with Crippen molar-refractivity contribution in [3.05, 3.63) is 78.3 Å². The standard InChI is InChI=1S/C27H25N3O3S/c1-2-24-27(31)30(15-8-16-32-20-9-4-3-5-10-20)23-17-19(12-13-25(23)33-24)22-18-34-26(29-22)21-11-6-7-14-28-21/h3-7,9-14,17-18,24H,2,8,15-16H2,1H3. The molecule has 0 bridgehead atoms. The minimum Gasteiger partial charge on any atom is -0.494 e. The summed E-state index contributed by atoms with van der Waals surface area (Å²) in [6.45, 7) is 3.05. The van der Waals surface area contributed by atoms with Gasteiger partial charge >= 0.3 is 0 Å². The Hall–Kier alpha value is -3.71. The summed E-state index contributed by atoms with van der Waals surface area (Å²) in [5.74, 6) is 1.54. The second-order valence-electron chi connectivity index (χ2n) is 7.96. The summed E-state index contributed by atoms with van der Waals surface area (Å²) >= 11 is 1.55. The topological polar surface area (TPSA) is 64.6 Å². The van der Waals surface area contributed by atoms with E-state index in [2.05, 4.69) is 4.98 Å². The van der Waals surface area contributed by atoms with Crippen molar-refractivity contribution in [2.45, 2.75) is 25.9 Å². The summed E-state index contributed by atoms with van der Waals surface area (Å²) in [6.07, 6.45) is 2.63. The summed E-state index contributed by atoms with van der Waals surface area (Å²) in [5.41, 5.74) is 3.42. The molecule has 6 nitrogen and oxygen atoms in total. The number of para-hydroxylation sites is 1. The van der Waals surface area contributed by atoms with Crippen molar-refractivity contribution < 1.29 is 14.3 Å². The first-order valence-electron chi connectivity index (χ1n) is 11.4. The number of carbonyl (C=O) groups is 1. The predicted octanol–water partition coefficient (Wildman–Crippen LogP) is 5.85. The average Bonchev–Trinajstić information content (AvgIpc) is 3.39. The van der Waals surface area contributed by atoms with Crippen LogP contribution < -0.4 is 14.4 Å². The molecule has 0 fully saturated rings. The lowest BCUT2D eigenvalue weighted by molar-refractivity contribution is -0.126. The van der Waals surface area contributed by atoms with Crippen molar-refractivity contribution >= 4 is 22.9 Å². The van der Waals surface area contributed by atoms with E-state index < -0.39 is 6.10 Å². The van der Waals surface area contributed by atoms with Gasteiger partial charge in [0, 0.05) is 23.7 Å². The van der Waals surface area contributed by atoms with E-state index in [4.69, 9.17) is 14.5 Å². The Morgan fingerprint density at radius 1 is 1.06 bits per heavy atom. The lowest BCUT2D eigenvalue weighted by Gasteiger charge is -2.34. The van der Waals surface area contributed by atoms with Crippen LogP contribution in [0.2, 0.25) is 0 Å². The second kappa shape index (κ2) is 10.1. The second-order valence-corrected chi connectivity index (χ2v) is 8.81. The van der Waals surface area contributed by atoms with Gasteiger partial charge in [-0.1, -0.05) is 31.2 Å². The van der Waals surface area contributed by atoms with Crippen LogP contribution in [-0.4, -0.2) is 35.1 Å². The molecule has 0 N–H and O–H groups in total. The molecule has 0 saturated heterocycles. The molecule has 1 amide bonds. The summed E-state index contributed by atoms with van der Waals surface area (Å²) in [6, 6.07) is 21.4. The SMILES string of the molecule is CCC1Oc2ccc(-c3csc(-c4ccccn4)n3)cc2N(CCCOc2ccccc2)C1=O. The number of rotatable bonds is 8. The first kappa shape index (κ1) is 22.1. The molecule has 2 aromatic heterocycles. The Labute approximate surface area is 202 Å². The molecule has 5 rings (SSSR count). The van der Waals surface area contributed by atoms with E-state index in [1.54, 1.807) is 17.5 Å². The van der Waals surface area contributed by atoms with Crippen molar-refractivity contribution in [2.75, 3.05) is 18.1 Å². The molecule has 3 heterocycles. The van der Waals surface area contributed by atoms with Crippen molar-refractivity contribution in [3.8, 4) is 33.5 Å². The molecule has 34 heavy (non-hydrogen) atoms. The Bertz CT molecular complexity index is 1260. The van der Waals surface area contributed by atoms with Crippen LogP contribution in [0.4, 0.5) is 5.69 Å². The van der Waals surface area contributed by atoms with Crippen LogP contribution in [0.3, 0.4) is 0 Å². The summed E-state index contributed by atoms with van der Waals surface area (Å²) in [5, 5.41) is 2.88. The van der Waals surface area contributed by atoms with Crippen LogP contribution in [-0.2, 0) is 4.79 Å². The molecular weight excluding hydrogens is 446 g/mol. The number of aromatic nitrogens is 2. The first-order valence-corrected chi connectivity index (χ1v) is 12.3. The van der Waals surface area contributed by atoms with Crippen molar-refractivity contribution in [1.29, 1.82) is 0 Å². The average molecular weight is 472 g/mol. The number of thiazole rings is 1. The zero-order valence-corrected chi connectivity index (χ0v) is 19.7. The third-order valence-corrected chi connectivity index (χ3v) is 6.52. The fourth-order valence-corrected chi connectivity index (χ4v) is 4.72. The molecule has 0 aliphatic carbocycles. The molecule has 1 atom stereocenters. The predicted molar refractivity (Wildman–Crippen MR) is 134 cm³/mol. The molecule has 7 heteroatoms. The number of ether oxygens (including phenoxy) is 2. The highest BCUT2D eigenvalue weighted by Gasteiger charge is 2.33. The van der Waals surface area contributed by atoms with E-state index in [-0.39, 0.29) is 5.91 Å². The van der Waals surface area contributed by atoms with Gasteiger partial charge in [-0.2, -0.15) is 0 Å². The lowest BCUT2D eigenvalue weighted by Crippen LogP contribution is -2.46. The number of pyridine rings is 1. The van der Waals surface area contributed by atoms with Gasteiger partial charge in [-0.3, -0.25) is 9.78 Å². The Morgan fingerprint density at radius 2 is 1.91 bits per heavy atom. The maximum atomic E-state index is 13.2. The Balaban J connectivity index is 1.36. The highest BCUT2D eigenvalue weighted by atomic mass is 32.1.